The first-order valence-electron chi connectivity index (χ1n) is 6.82. The molecular formula is C15H27N3O. The molecule has 1 rings (SSSR count). The minimum atomic E-state index is 0.132. The summed E-state index contributed by atoms with van der Waals surface area (Å²) in [6.45, 7) is 14.3. The van der Waals surface area contributed by atoms with Crippen molar-refractivity contribution < 1.29 is 4.74 Å². The Kier molecular flexibility index (Phi) is 5.44. The van der Waals surface area contributed by atoms with Gasteiger partial charge in [0.2, 0.25) is 0 Å². The Labute approximate surface area is 117 Å². The van der Waals surface area contributed by atoms with Gasteiger partial charge >= 0.3 is 0 Å². The fourth-order valence-corrected chi connectivity index (χ4v) is 2.26. The molecule has 0 amide bonds. The predicted octanol–water partition coefficient (Wildman–Crippen LogP) is 2.73. The van der Waals surface area contributed by atoms with E-state index in [-0.39, 0.29) is 5.54 Å². The van der Waals surface area contributed by atoms with Crippen LogP contribution in [0.15, 0.2) is 0 Å². The number of rotatable bonds is 5. The van der Waals surface area contributed by atoms with Crippen molar-refractivity contribution in [1.82, 2.24) is 15.3 Å². The molecule has 0 radical (unpaired) electrons. The molecular weight excluding hydrogens is 238 g/mol. The monoisotopic (exact) mass is 265 g/mol. The summed E-state index contributed by atoms with van der Waals surface area (Å²) in [7, 11) is 1.66. The van der Waals surface area contributed by atoms with Crippen molar-refractivity contribution in [2.24, 2.45) is 0 Å². The van der Waals surface area contributed by atoms with Gasteiger partial charge in [-0.15, -0.1) is 0 Å². The average molecular weight is 265 g/mol. The van der Waals surface area contributed by atoms with Crippen LogP contribution in [0.3, 0.4) is 0 Å². The van der Waals surface area contributed by atoms with Crippen molar-refractivity contribution in [3.63, 3.8) is 0 Å². The minimum Gasteiger partial charge on any atom is -0.377 e. The van der Waals surface area contributed by atoms with Crippen LogP contribution in [0.4, 0.5) is 0 Å². The summed E-state index contributed by atoms with van der Waals surface area (Å²) in [6.07, 6.45) is 0. The van der Waals surface area contributed by atoms with Crippen molar-refractivity contribution in [3.8, 4) is 0 Å². The first kappa shape index (κ1) is 16.1. The normalized spacial score (nSPS) is 13.6. The Bertz CT molecular complexity index is 401. The number of hydrogen-bond acceptors (Lipinski definition) is 4. The van der Waals surface area contributed by atoms with Crippen LogP contribution in [-0.2, 0) is 11.3 Å². The van der Waals surface area contributed by atoms with Gasteiger partial charge in [-0.2, -0.15) is 0 Å². The largest absolute Gasteiger partial charge is 0.377 e. The molecule has 1 heterocycles. The van der Waals surface area contributed by atoms with Crippen LogP contribution in [0.2, 0.25) is 0 Å². The molecule has 0 saturated carbocycles. The van der Waals surface area contributed by atoms with Gasteiger partial charge in [0.15, 0.2) is 5.82 Å². The second-order valence-corrected chi connectivity index (χ2v) is 6.19. The number of aromatic nitrogens is 2. The maximum absolute atomic E-state index is 5.09. The first-order valence-corrected chi connectivity index (χ1v) is 6.82. The first-order chi connectivity index (χ1) is 8.74. The Hall–Kier alpha value is -1.00. The number of methoxy groups -OCH3 is 1. The van der Waals surface area contributed by atoms with Gasteiger partial charge in [-0.05, 0) is 46.1 Å². The molecule has 0 bridgehead atoms. The lowest BCUT2D eigenvalue weighted by atomic mass is 9.96. The van der Waals surface area contributed by atoms with E-state index in [0.29, 0.717) is 12.5 Å². The Balaban J connectivity index is 2.88. The molecule has 1 aromatic heterocycles. The van der Waals surface area contributed by atoms with Crippen LogP contribution in [0.25, 0.3) is 0 Å². The van der Waals surface area contributed by atoms with Gasteiger partial charge in [-0.1, -0.05) is 6.92 Å². The molecule has 0 aliphatic rings. The van der Waals surface area contributed by atoms with Crippen LogP contribution in [0.1, 0.15) is 56.4 Å². The van der Waals surface area contributed by atoms with E-state index in [0.717, 1.165) is 23.8 Å². The Morgan fingerprint density at radius 1 is 1.16 bits per heavy atom. The topological polar surface area (TPSA) is 47.0 Å². The summed E-state index contributed by atoms with van der Waals surface area (Å²) in [4.78, 5) is 9.05. The van der Waals surface area contributed by atoms with Crippen LogP contribution in [0.5, 0.6) is 0 Å². The van der Waals surface area contributed by atoms with Crippen molar-refractivity contribution >= 4 is 0 Å². The second-order valence-electron chi connectivity index (χ2n) is 6.19. The van der Waals surface area contributed by atoms with E-state index < -0.39 is 0 Å². The molecule has 0 aliphatic carbocycles. The molecule has 1 aromatic rings. The summed E-state index contributed by atoms with van der Waals surface area (Å²) in [5.41, 5.74) is 3.49. The third kappa shape index (κ3) is 4.88. The highest BCUT2D eigenvalue weighted by Gasteiger charge is 2.17. The standard InChI is InChI=1S/C15H27N3O/c1-10(8-16-15(4,5)6)14-11(2)17-13(9-19-7)18-12(14)3/h10,16H,8-9H2,1-7H3. The van der Waals surface area contributed by atoms with Crippen molar-refractivity contribution in [1.29, 1.82) is 0 Å². The van der Waals surface area contributed by atoms with E-state index >= 15 is 0 Å². The molecule has 0 aromatic carbocycles. The maximum atomic E-state index is 5.09. The predicted molar refractivity (Wildman–Crippen MR) is 78.4 cm³/mol. The van der Waals surface area contributed by atoms with Crippen molar-refractivity contribution in [2.45, 2.75) is 59.6 Å². The zero-order valence-corrected chi connectivity index (χ0v) is 13.3. The number of nitrogens with one attached hydrogen (secondary N) is 1. The molecule has 4 heteroatoms. The average Bonchev–Trinajstić information content (AvgIpc) is 2.25. The molecule has 0 aliphatic heterocycles. The van der Waals surface area contributed by atoms with E-state index in [4.69, 9.17) is 4.74 Å². The third-order valence-electron chi connectivity index (χ3n) is 3.08. The van der Waals surface area contributed by atoms with Gasteiger partial charge in [0.1, 0.15) is 6.61 Å². The number of hydrogen-bond donors (Lipinski definition) is 1. The summed E-state index contributed by atoms with van der Waals surface area (Å²) < 4.78 is 5.09. The molecule has 0 fully saturated rings. The van der Waals surface area contributed by atoms with Gasteiger partial charge in [-0.3, -0.25) is 0 Å². The van der Waals surface area contributed by atoms with Crippen LogP contribution in [0, 0.1) is 13.8 Å². The maximum Gasteiger partial charge on any atom is 0.154 e. The van der Waals surface area contributed by atoms with Gasteiger partial charge in [0.05, 0.1) is 0 Å². The zero-order chi connectivity index (χ0) is 14.6. The highest BCUT2D eigenvalue weighted by atomic mass is 16.5. The fraction of sp³-hybridized carbons (Fsp3) is 0.733. The van der Waals surface area contributed by atoms with E-state index in [9.17, 15) is 0 Å². The van der Waals surface area contributed by atoms with Gasteiger partial charge in [-0.25, -0.2) is 9.97 Å². The Morgan fingerprint density at radius 3 is 2.11 bits per heavy atom. The lowest BCUT2D eigenvalue weighted by molar-refractivity contribution is 0.177. The summed E-state index contributed by atoms with van der Waals surface area (Å²) >= 11 is 0. The fourth-order valence-electron chi connectivity index (χ4n) is 2.26. The summed E-state index contributed by atoms with van der Waals surface area (Å²) in [5.74, 6) is 1.16. The van der Waals surface area contributed by atoms with E-state index in [1.165, 1.54) is 5.56 Å². The molecule has 1 atom stereocenters. The molecule has 0 spiro atoms. The van der Waals surface area contributed by atoms with Crippen LogP contribution in [-0.4, -0.2) is 29.2 Å². The quantitative estimate of drug-likeness (QED) is 0.889. The lowest BCUT2D eigenvalue weighted by Gasteiger charge is -2.25. The molecule has 0 saturated heterocycles. The SMILES string of the molecule is COCc1nc(C)c(C(C)CNC(C)(C)C)c(C)n1. The number of ether oxygens (including phenoxy) is 1. The smallest absolute Gasteiger partial charge is 0.154 e. The molecule has 108 valence electrons. The van der Waals surface area contributed by atoms with Crippen molar-refractivity contribution in [3.05, 3.63) is 22.8 Å². The third-order valence-corrected chi connectivity index (χ3v) is 3.08. The van der Waals surface area contributed by atoms with Crippen LogP contribution < -0.4 is 5.32 Å². The molecule has 1 N–H and O–H groups in total. The highest BCUT2D eigenvalue weighted by molar-refractivity contribution is 5.28. The minimum absolute atomic E-state index is 0.132. The second kappa shape index (κ2) is 6.44. The van der Waals surface area contributed by atoms with E-state index in [2.05, 4.69) is 56.8 Å². The highest BCUT2D eigenvalue weighted by Crippen LogP contribution is 2.21. The number of nitrogens with zero attached hydrogens (tertiary/aromatic N) is 2. The molecule has 1 unspecified atom stereocenters. The molecule has 4 nitrogen and oxygen atoms in total. The van der Waals surface area contributed by atoms with Crippen molar-refractivity contribution in [2.75, 3.05) is 13.7 Å². The zero-order valence-electron chi connectivity index (χ0n) is 13.3. The molecule has 19 heavy (non-hydrogen) atoms. The van der Waals surface area contributed by atoms with E-state index in [1.807, 2.05) is 0 Å². The summed E-state index contributed by atoms with van der Waals surface area (Å²) in [5, 5.41) is 3.53. The Morgan fingerprint density at radius 2 is 1.68 bits per heavy atom. The van der Waals surface area contributed by atoms with Gasteiger partial charge in [0.25, 0.3) is 0 Å². The van der Waals surface area contributed by atoms with Gasteiger partial charge in [0, 0.05) is 30.6 Å². The van der Waals surface area contributed by atoms with Crippen LogP contribution >= 0.6 is 0 Å². The lowest BCUT2D eigenvalue weighted by Crippen LogP contribution is -2.38. The van der Waals surface area contributed by atoms with E-state index in [1.54, 1.807) is 7.11 Å². The number of aryl methyl sites for hydroxylation is 2. The van der Waals surface area contributed by atoms with Gasteiger partial charge < -0.3 is 10.1 Å². The summed E-state index contributed by atoms with van der Waals surface area (Å²) in [6, 6.07) is 0.